The highest BCUT2D eigenvalue weighted by molar-refractivity contribution is 7.89. The molecule has 0 spiro atoms. The Labute approximate surface area is 139 Å². The maximum absolute atomic E-state index is 12.6. The summed E-state index contributed by atoms with van der Waals surface area (Å²) in [4.78, 5) is 8.50. The Hall–Kier alpha value is -1.82. The molecule has 0 unspecified atom stereocenters. The van der Waals surface area contributed by atoms with Crippen molar-refractivity contribution in [1.82, 2.24) is 14.3 Å². The van der Waals surface area contributed by atoms with E-state index in [9.17, 15) is 8.42 Å². The van der Waals surface area contributed by atoms with E-state index in [-0.39, 0.29) is 10.6 Å². The fraction of sp³-hybridized carbons (Fsp3) is 0.400. The molecular weight excluding hydrogens is 332 g/mol. The van der Waals surface area contributed by atoms with Crippen molar-refractivity contribution in [2.75, 3.05) is 13.1 Å². The molecule has 23 heavy (non-hydrogen) atoms. The molecule has 0 bridgehead atoms. The predicted octanol–water partition coefficient (Wildman–Crippen LogP) is 2.29. The molecule has 0 radical (unpaired) electrons. The van der Waals surface area contributed by atoms with Gasteiger partial charge in [0.25, 0.3) is 0 Å². The van der Waals surface area contributed by atoms with Crippen LogP contribution in [-0.2, 0) is 10.0 Å². The van der Waals surface area contributed by atoms with Crippen LogP contribution in [0.4, 0.5) is 0 Å². The van der Waals surface area contributed by atoms with Crippen molar-refractivity contribution in [2.24, 2.45) is 0 Å². The lowest BCUT2D eigenvalue weighted by molar-refractivity contribution is 0.319. The molecular formula is C15H16N4O2S2. The largest absolute Gasteiger partial charge is 0.246 e. The molecule has 1 saturated heterocycles. The van der Waals surface area contributed by atoms with Gasteiger partial charge in [0.1, 0.15) is 16.7 Å². The van der Waals surface area contributed by atoms with E-state index < -0.39 is 10.0 Å². The molecule has 3 rings (SSSR count). The number of nitriles is 1. The minimum atomic E-state index is -3.54. The van der Waals surface area contributed by atoms with Gasteiger partial charge in [0, 0.05) is 36.3 Å². The van der Waals surface area contributed by atoms with E-state index >= 15 is 0 Å². The van der Waals surface area contributed by atoms with Crippen LogP contribution >= 0.6 is 11.3 Å². The average molecular weight is 348 g/mol. The molecule has 3 heterocycles. The normalized spacial score (nSPS) is 17.0. The second kappa shape index (κ2) is 6.35. The average Bonchev–Trinajstić information content (AvgIpc) is 3.01. The van der Waals surface area contributed by atoms with Crippen molar-refractivity contribution in [3.8, 4) is 6.07 Å². The first-order chi connectivity index (χ1) is 11.0. The second-order valence-corrected chi connectivity index (χ2v) is 8.32. The number of hydrogen-bond acceptors (Lipinski definition) is 6. The quantitative estimate of drug-likeness (QED) is 0.849. The fourth-order valence-corrected chi connectivity index (χ4v) is 5.04. The molecule has 2 aromatic heterocycles. The lowest BCUT2D eigenvalue weighted by atomic mass is 9.99. The molecule has 2 aromatic rings. The van der Waals surface area contributed by atoms with Gasteiger partial charge in [-0.25, -0.2) is 18.4 Å². The topological polar surface area (TPSA) is 87.0 Å². The molecule has 1 fully saturated rings. The zero-order valence-electron chi connectivity index (χ0n) is 12.6. The Kier molecular flexibility index (Phi) is 4.43. The minimum Gasteiger partial charge on any atom is -0.246 e. The first-order valence-electron chi connectivity index (χ1n) is 7.29. The highest BCUT2D eigenvalue weighted by Crippen LogP contribution is 2.32. The van der Waals surface area contributed by atoms with E-state index in [0.29, 0.717) is 19.0 Å². The molecule has 0 aliphatic carbocycles. The molecule has 1 aliphatic heterocycles. The number of pyridine rings is 1. The van der Waals surface area contributed by atoms with Gasteiger partial charge in [-0.15, -0.1) is 11.3 Å². The molecule has 0 N–H and O–H groups in total. The molecule has 6 nitrogen and oxygen atoms in total. The van der Waals surface area contributed by atoms with Gasteiger partial charge in [-0.05, 0) is 31.9 Å². The number of aromatic nitrogens is 2. The van der Waals surface area contributed by atoms with Crippen molar-refractivity contribution in [1.29, 1.82) is 5.26 Å². The summed E-state index contributed by atoms with van der Waals surface area (Å²) in [6.45, 7) is 2.93. The number of rotatable bonds is 3. The van der Waals surface area contributed by atoms with Crippen LogP contribution in [0.5, 0.6) is 0 Å². The van der Waals surface area contributed by atoms with Crippen LogP contribution in [0, 0.1) is 18.3 Å². The molecule has 0 amide bonds. The molecule has 0 atom stereocenters. The molecule has 120 valence electrons. The van der Waals surface area contributed by atoms with Crippen LogP contribution in [0.3, 0.4) is 0 Å². The number of nitrogens with zero attached hydrogens (tertiary/aromatic N) is 4. The summed E-state index contributed by atoms with van der Waals surface area (Å²) in [5, 5.41) is 11.9. The summed E-state index contributed by atoms with van der Waals surface area (Å²) in [6.07, 6.45) is 2.80. The number of hydrogen-bond donors (Lipinski definition) is 0. The number of sulfonamides is 1. The van der Waals surface area contributed by atoms with Gasteiger partial charge in [-0.2, -0.15) is 9.57 Å². The summed E-state index contributed by atoms with van der Waals surface area (Å²) < 4.78 is 26.7. The Balaban J connectivity index is 1.72. The van der Waals surface area contributed by atoms with Crippen LogP contribution in [0.15, 0.2) is 28.6 Å². The summed E-state index contributed by atoms with van der Waals surface area (Å²) in [5.74, 6) is 0.333. The van der Waals surface area contributed by atoms with E-state index in [4.69, 9.17) is 5.26 Å². The maximum atomic E-state index is 12.6. The molecule has 0 saturated carbocycles. The van der Waals surface area contributed by atoms with E-state index in [0.717, 1.165) is 23.5 Å². The third-order valence-corrected chi connectivity index (χ3v) is 6.94. The zero-order chi connectivity index (χ0) is 16.4. The summed E-state index contributed by atoms with van der Waals surface area (Å²) in [5.41, 5.74) is 1.23. The number of aryl methyl sites for hydroxylation is 1. The van der Waals surface area contributed by atoms with Crippen LogP contribution in [0.1, 0.15) is 35.2 Å². The van der Waals surface area contributed by atoms with Crippen molar-refractivity contribution < 1.29 is 8.42 Å². The third-order valence-electron chi connectivity index (χ3n) is 3.93. The highest BCUT2D eigenvalue weighted by atomic mass is 32.2. The van der Waals surface area contributed by atoms with Crippen LogP contribution in [-0.4, -0.2) is 35.8 Å². The van der Waals surface area contributed by atoms with Gasteiger partial charge in [0.15, 0.2) is 0 Å². The van der Waals surface area contributed by atoms with Crippen molar-refractivity contribution in [3.63, 3.8) is 0 Å². The summed E-state index contributed by atoms with van der Waals surface area (Å²) in [7, 11) is -3.54. The van der Waals surface area contributed by atoms with E-state index in [1.807, 2.05) is 18.4 Å². The second-order valence-electron chi connectivity index (χ2n) is 5.50. The Morgan fingerprint density at radius 1 is 1.35 bits per heavy atom. The minimum absolute atomic E-state index is 0.139. The smallest absolute Gasteiger partial charge is 0.244 e. The lowest BCUT2D eigenvalue weighted by Crippen LogP contribution is -2.37. The van der Waals surface area contributed by atoms with Gasteiger partial charge >= 0.3 is 0 Å². The standard InChI is InChI=1S/C15H16N4O2S2/c1-11-10-22-15(18-11)12-4-6-19(7-5-12)23(20,21)14-3-2-13(8-16)17-9-14/h2-3,9-10,12H,4-7H2,1H3. The summed E-state index contributed by atoms with van der Waals surface area (Å²) >= 11 is 1.65. The van der Waals surface area contributed by atoms with E-state index in [1.165, 1.54) is 22.6 Å². The fourth-order valence-electron chi connectivity index (χ4n) is 2.65. The third kappa shape index (κ3) is 3.27. The highest BCUT2D eigenvalue weighted by Gasteiger charge is 2.31. The Morgan fingerprint density at radius 3 is 2.61 bits per heavy atom. The first-order valence-corrected chi connectivity index (χ1v) is 9.61. The van der Waals surface area contributed by atoms with Gasteiger partial charge < -0.3 is 0 Å². The Morgan fingerprint density at radius 2 is 2.09 bits per heavy atom. The van der Waals surface area contributed by atoms with Gasteiger partial charge in [-0.3, -0.25) is 0 Å². The van der Waals surface area contributed by atoms with Crippen molar-refractivity contribution in [3.05, 3.63) is 40.1 Å². The zero-order valence-corrected chi connectivity index (χ0v) is 14.3. The molecule has 8 heteroatoms. The van der Waals surface area contributed by atoms with Crippen molar-refractivity contribution >= 4 is 21.4 Å². The van der Waals surface area contributed by atoms with Crippen molar-refractivity contribution in [2.45, 2.75) is 30.6 Å². The van der Waals surface area contributed by atoms with Crippen LogP contribution in [0.25, 0.3) is 0 Å². The SMILES string of the molecule is Cc1csc(C2CCN(S(=O)(=O)c3ccc(C#N)nc3)CC2)n1. The van der Waals surface area contributed by atoms with Gasteiger partial charge in [0.2, 0.25) is 10.0 Å². The van der Waals surface area contributed by atoms with Gasteiger partial charge in [0.05, 0.1) is 5.01 Å². The van der Waals surface area contributed by atoms with Gasteiger partial charge in [-0.1, -0.05) is 0 Å². The monoisotopic (exact) mass is 348 g/mol. The van der Waals surface area contributed by atoms with Crippen LogP contribution < -0.4 is 0 Å². The predicted molar refractivity (Wildman–Crippen MR) is 86.5 cm³/mol. The van der Waals surface area contributed by atoms with E-state index in [1.54, 1.807) is 11.3 Å². The lowest BCUT2D eigenvalue weighted by Gasteiger charge is -2.30. The Bertz CT molecular complexity index is 829. The maximum Gasteiger partial charge on any atom is 0.244 e. The summed E-state index contributed by atoms with van der Waals surface area (Å²) in [6, 6.07) is 4.76. The molecule has 0 aromatic carbocycles. The number of piperidine rings is 1. The first kappa shape index (κ1) is 16.1. The van der Waals surface area contributed by atoms with E-state index in [2.05, 4.69) is 9.97 Å². The number of thiazole rings is 1. The molecule has 1 aliphatic rings. The van der Waals surface area contributed by atoms with Crippen LogP contribution in [0.2, 0.25) is 0 Å².